The molecule has 1 rings (SSSR count). The summed E-state index contributed by atoms with van der Waals surface area (Å²) in [5.41, 5.74) is 0. The van der Waals surface area contributed by atoms with Crippen LogP contribution in [0.1, 0.15) is 26.7 Å². The maximum Gasteiger partial charge on any atom is 0.225 e. The Balaban J connectivity index is 2.41. The second kappa shape index (κ2) is 4.61. The zero-order valence-corrected chi connectivity index (χ0v) is 8.75. The minimum absolute atomic E-state index is 0.109. The number of rotatable bonds is 5. The highest BCUT2D eigenvalue weighted by Gasteiger charge is 2.32. The molecule has 0 spiro atoms. The normalized spacial score (nSPS) is 16.3. The van der Waals surface area contributed by atoms with E-state index in [0.29, 0.717) is 12.6 Å². The van der Waals surface area contributed by atoms with Crippen LogP contribution in [0.4, 0.5) is 0 Å². The van der Waals surface area contributed by atoms with Gasteiger partial charge in [0.15, 0.2) is 0 Å². The molecule has 3 heteroatoms. The number of methoxy groups -OCH3 is 1. The first-order chi connectivity index (χ1) is 6.16. The van der Waals surface area contributed by atoms with E-state index in [-0.39, 0.29) is 11.8 Å². The quantitative estimate of drug-likeness (QED) is 0.645. The first kappa shape index (κ1) is 10.5. The van der Waals surface area contributed by atoms with E-state index >= 15 is 0 Å². The fourth-order valence-electron chi connectivity index (χ4n) is 1.38. The summed E-state index contributed by atoms with van der Waals surface area (Å²) in [4.78, 5) is 13.7. The van der Waals surface area contributed by atoms with Crippen molar-refractivity contribution in [2.24, 2.45) is 5.92 Å². The van der Waals surface area contributed by atoms with Crippen molar-refractivity contribution in [1.29, 1.82) is 0 Å². The Hall–Kier alpha value is -0.570. The van der Waals surface area contributed by atoms with Gasteiger partial charge in [0.05, 0.1) is 6.61 Å². The third-order valence-electron chi connectivity index (χ3n) is 2.30. The highest BCUT2D eigenvalue weighted by atomic mass is 16.5. The van der Waals surface area contributed by atoms with E-state index in [0.717, 1.165) is 6.54 Å². The Morgan fingerprint density at radius 2 is 2.15 bits per heavy atom. The standard InChI is InChI=1S/C10H19NO2/c1-8(2)10(12)11(6-7-13-3)9-4-5-9/h8-9H,4-7H2,1-3H3. The minimum atomic E-state index is 0.109. The summed E-state index contributed by atoms with van der Waals surface area (Å²) in [6, 6.07) is 0.505. The molecular weight excluding hydrogens is 166 g/mol. The van der Waals surface area contributed by atoms with Gasteiger partial charge in [0.2, 0.25) is 5.91 Å². The molecule has 0 N–H and O–H groups in total. The number of carbonyl (C=O) groups excluding carboxylic acids is 1. The summed E-state index contributed by atoms with van der Waals surface area (Å²) in [5, 5.41) is 0. The monoisotopic (exact) mass is 185 g/mol. The predicted molar refractivity (Wildman–Crippen MR) is 51.4 cm³/mol. The number of carbonyl (C=O) groups is 1. The van der Waals surface area contributed by atoms with Crippen molar-refractivity contribution in [1.82, 2.24) is 4.90 Å². The van der Waals surface area contributed by atoms with Gasteiger partial charge in [-0.3, -0.25) is 4.79 Å². The number of ether oxygens (including phenoxy) is 1. The summed E-state index contributed by atoms with van der Waals surface area (Å²) in [6.45, 7) is 5.29. The molecular formula is C10H19NO2. The van der Waals surface area contributed by atoms with E-state index < -0.39 is 0 Å². The van der Waals surface area contributed by atoms with E-state index in [4.69, 9.17) is 4.74 Å². The van der Waals surface area contributed by atoms with Gasteiger partial charge in [0.1, 0.15) is 0 Å². The number of amides is 1. The van der Waals surface area contributed by atoms with Crippen LogP contribution < -0.4 is 0 Å². The van der Waals surface area contributed by atoms with Gasteiger partial charge in [-0.25, -0.2) is 0 Å². The predicted octanol–water partition coefficient (Wildman–Crippen LogP) is 1.28. The summed E-state index contributed by atoms with van der Waals surface area (Å²) in [6.07, 6.45) is 2.34. The van der Waals surface area contributed by atoms with Gasteiger partial charge in [-0.05, 0) is 12.8 Å². The molecule has 0 heterocycles. The Bertz CT molecular complexity index is 176. The lowest BCUT2D eigenvalue weighted by molar-refractivity contribution is -0.135. The van der Waals surface area contributed by atoms with Crippen LogP contribution in [0.2, 0.25) is 0 Å². The van der Waals surface area contributed by atoms with Crippen LogP contribution in [0.25, 0.3) is 0 Å². The molecule has 0 unspecified atom stereocenters. The van der Waals surface area contributed by atoms with Gasteiger partial charge in [0, 0.05) is 25.6 Å². The summed E-state index contributed by atoms with van der Waals surface area (Å²) in [5.74, 6) is 0.372. The van der Waals surface area contributed by atoms with Crippen molar-refractivity contribution < 1.29 is 9.53 Å². The maximum atomic E-state index is 11.7. The molecule has 1 saturated carbocycles. The van der Waals surface area contributed by atoms with Crippen LogP contribution in [0.15, 0.2) is 0 Å². The van der Waals surface area contributed by atoms with Crippen molar-refractivity contribution in [2.75, 3.05) is 20.3 Å². The second-order valence-electron chi connectivity index (χ2n) is 3.91. The van der Waals surface area contributed by atoms with Crippen LogP contribution in [0, 0.1) is 5.92 Å². The van der Waals surface area contributed by atoms with Crippen LogP contribution in [0.5, 0.6) is 0 Å². The molecule has 0 saturated heterocycles. The average Bonchev–Trinajstić information content (AvgIpc) is 2.88. The van der Waals surface area contributed by atoms with E-state index in [1.165, 1.54) is 12.8 Å². The molecule has 1 aliphatic carbocycles. The Morgan fingerprint density at radius 3 is 2.54 bits per heavy atom. The summed E-state index contributed by atoms with van der Waals surface area (Å²) in [7, 11) is 1.67. The molecule has 13 heavy (non-hydrogen) atoms. The number of hydrogen-bond donors (Lipinski definition) is 0. The highest BCUT2D eigenvalue weighted by Crippen LogP contribution is 2.27. The summed E-state index contributed by atoms with van der Waals surface area (Å²) < 4.78 is 4.99. The second-order valence-corrected chi connectivity index (χ2v) is 3.91. The molecule has 0 radical (unpaired) electrons. The molecule has 3 nitrogen and oxygen atoms in total. The molecule has 0 atom stereocenters. The van der Waals surface area contributed by atoms with Crippen molar-refractivity contribution in [2.45, 2.75) is 32.7 Å². The molecule has 76 valence electrons. The first-order valence-corrected chi connectivity index (χ1v) is 4.96. The van der Waals surface area contributed by atoms with E-state index in [2.05, 4.69) is 0 Å². The van der Waals surface area contributed by atoms with Gasteiger partial charge in [-0.2, -0.15) is 0 Å². The zero-order chi connectivity index (χ0) is 9.84. The Labute approximate surface area is 80.1 Å². The van der Waals surface area contributed by atoms with Crippen molar-refractivity contribution >= 4 is 5.91 Å². The highest BCUT2D eigenvalue weighted by molar-refractivity contribution is 5.78. The van der Waals surface area contributed by atoms with Crippen molar-refractivity contribution in [3.8, 4) is 0 Å². The lowest BCUT2D eigenvalue weighted by Crippen LogP contribution is -2.38. The third kappa shape index (κ3) is 2.99. The number of nitrogens with zero attached hydrogens (tertiary/aromatic N) is 1. The lowest BCUT2D eigenvalue weighted by Gasteiger charge is -2.23. The molecule has 0 aromatic rings. The van der Waals surface area contributed by atoms with Crippen molar-refractivity contribution in [3.05, 3.63) is 0 Å². The maximum absolute atomic E-state index is 11.7. The first-order valence-electron chi connectivity index (χ1n) is 4.96. The molecule has 0 aliphatic heterocycles. The van der Waals surface area contributed by atoms with E-state index in [1.807, 2.05) is 18.7 Å². The fourth-order valence-corrected chi connectivity index (χ4v) is 1.38. The topological polar surface area (TPSA) is 29.5 Å². The fraction of sp³-hybridized carbons (Fsp3) is 0.900. The third-order valence-corrected chi connectivity index (χ3v) is 2.30. The zero-order valence-electron chi connectivity index (χ0n) is 8.75. The average molecular weight is 185 g/mol. The van der Waals surface area contributed by atoms with Gasteiger partial charge in [-0.15, -0.1) is 0 Å². The van der Waals surface area contributed by atoms with Crippen molar-refractivity contribution in [3.63, 3.8) is 0 Å². The molecule has 1 amide bonds. The minimum Gasteiger partial charge on any atom is -0.383 e. The van der Waals surface area contributed by atoms with Gasteiger partial charge >= 0.3 is 0 Å². The Morgan fingerprint density at radius 1 is 1.54 bits per heavy atom. The smallest absolute Gasteiger partial charge is 0.225 e. The van der Waals surface area contributed by atoms with E-state index in [9.17, 15) is 4.79 Å². The molecule has 1 fully saturated rings. The van der Waals surface area contributed by atoms with Crippen LogP contribution in [-0.2, 0) is 9.53 Å². The van der Waals surface area contributed by atoms with Crippen LogP contribution >= 0.6 is 0 Å². The SMILES string of the molecule is COCCN(C(=O)C(C)C)C1CC1. The molecule has 1 aliphatic rings. The van der Waals surface area contributed by atoms with E-state index in [1.54, 1.807) is 7.11 Å². The molecule has 0 bridgehead atoms. The number of hydrogen-bond acceptors (Lipinski definition) is 2. The van der Waals surface area contributed by atoms with Crippen LogP contribution in [0.3, 0.4) is 0 Å². The van der Waals surface area contributed by atoms with Crippen LogP contribution in [-0.4, -0.2) is 37.1 Å². The Kier molecular flexibility index (Phi) is 3.72. The molecule has 0 aromatic carbocycles. The lowest BCUT2D eigenvalue weighted by atomic mass is 10.2. The summed E-state index contributed by atoms with van der Waals surface area (Å²) >= 11 is 0. The van der Waals surface area contributed by atoms with Gasteiger partial charge in [-0.1, -0.05) is 13.8 Å². The van der Waals surface area contributed by atoms with Gasteiger partial charge < -0.3 is 9.64 Å². The molecule has 0 aromatic heterocycles. The van der Waals surface area contributed by atoms with Gasteiger partial charge in [0.25, 0.3) is 0 Å². The largest absolute Gasteiger partial charge is 0.383 e.